The van der Waals surface area contributed by atoms with E-state index >= 15 is 0 Å². The van der Waals surface area contributed by atoms with Crippen molar-refractivity contribution in [1.82, 2.24) is 4.90 Å². The van der Waals surface area contributed by atoms with E-state index in [2.05, 4.69) is 0 Å². The number of nitrogen functional groups attached to an aromatic ring is 1. The van der Waals surface area contributed by atoms with Gasteiger partial charge in [0.15, 0.2) is 0 Å². The smallest absolute Gasteiger partial charge is 0.251 e. The minimum absolute atomic E-state index is 0. The lowest BCUT2D eigenvalue weighted by Crippen LogP contribution is -2.28. The van der Waals surface area contributed by atoms with Crippen LogP contribution in [0.1, 0.15) is 11.1 Å². The maximum atomic E-state index is 12.7. The van der Waals surface area contributed by atoms with E-state index in [-0.39, 0.29) is 19.0 Å². The Labute approximate surface area is 130 Å². The number of anilines is 1. The van der Waals surface area contributed by atoms with E-state index in [4.69, 9.17) is 5.73 Å². The van der Waals surface area contributed by atoms with E-state index < -0.39 is 6.43 Å². The van der Waals surface area contributed by atoms with Crippen molar-refractivity contribution in [2.75, 3.05) is 12.3 Å². The van der Waals surface area contributed by atoms with Crippen molar-refractivity contribution in [3.05, 3.63) is 65.7 Å². The second kappa shape index (κ2) is 8.60. The van der Waals surface area contributed by atoms with Gasteiger partial charge < -0.3 is 5.73 Å². The highest BCUT2D eigenvalue weighted by Crippen LogP contribution is 2.14. The van der Waals surface area contributed by atoms with Crippen LogP contribution in [-0.4, -0.2) is 17.9 Å². The highest BCUT2D eigenvalue weighted by atomic mass is 35.5. The molecule has 0 saturated carbocycles. The van der Waals surface area contributed by atoms with Crippen molar-refractivity contribution in [2.24, 2.45) is 0 Å². The first-order chi connectivity index (χ1) is 9.63. The molecule has 0 atom stereocenters. The molecule has 0 saturated heterocycles. The van der Waals surface area contributed by atoms with Crippen molar-refractivity contribution in [3.8, 4) is 0 Å². The number of nitrogens with zero attached hydrogens (tertiary/aromatic N) is 1. The number of alkyl halides is 2. The van der Waals surface area contributed by atoms with Crippen molar-refractivity contribution in [1.29, 1.82) is 0 Å². The molecule has 0 radical (unpaired) electrons. The van der Waals surface area contributed by atoms with E-state index in [1.165, 1.54) is 0 Å². The van der Waals surface area contributed by atoms with Crippen LogP contribution in [-0.2, 0) is 13.1 Å². The van der Waals surface area contributed by atoms with Gasteiger partial charge in [-0.25, -0.2) is 8.78 Å². The van der Waals surface area contributed by atoms with Crippen molar-refractivity contribution in [2.45, 2.75) is 19.5 Å². The Bertz CT molecular complexity index is 535. The van der Waals surface area contributed by atoms with E-state index in [0.717, 1.165) is 11.1 Å². The quantitative estimate of drug-likeness (QED) is 0.818. The Balaban J connectivity index is 0.00000220. The van der Waals surface area contributed by atoms with Gasteiger partial charge in [-0.2, -0.15) is 0 Å². The van der Waals surface area contributed by atoms with Gasteiger partial charge in [-0.1, -0.05) is 42.5 Å². The monoisotopic (exact) mass is 312 g/mol. The first-order valence-electron chi connectivity index (χ1n) is 6.52. The van der Waals surface area contributed by atoms with Crippen LogP contribution in [0.2, 0.25) is 0 Å². The molecule has 114 valence electrons. The minimum atomic E-state index is -2.35. The van der Waals surface area contributed by atoms with Gasteiger partial charge in [-0.05, 0) is 23.3 Å². The van der Waals surface area contributed by atoms with Crippen LogP contribution in [0.15, 0.2) is 54.6 Å². The zero-order valence-electron chi connectivity index (χ0n) is 11.6. The van der Waals surface area contributed by atoms with E-state index in [9.17, 15) is 8.78 Å². The van der Waals surface area contributed by atoms with Gasteiger partial charge in [0.05, 0.1) is 6.54 Å². The maximum absolute atomic E-state index is 12.7. The second-order valence-electron chi connectivity index (χ2n) is 4.79. The van der Waals surface area contributed by atoms with E-state index in [1.807, 2.05) is 48.5 Å². The molecule has 0 unspecified atom stereocenters. The molecule has 5 heteroatoms. The van der Waals surface area contributed by atoms with Gasteiger partial charge in [-0.15, -0.1) is 12.4 Å². The summed E-state index contributed by atoms with van der Waals surface area (Å²) in [5, 5.41) is 0. The molecule has 0 spiro atoms. The van der Waals surface area contributed by atoms with E-state index in [1.54, 1.807) is 11.0 Å². The van der Waals surface area contributed by atoms with Crippen molar-refractivity contribution in [3.63, 3.8) is 0 Å². The fourth-order valence-electron chi connectivity index (χ4n) is 2.17. The van der Waals surface area contributed by atoms with Crippen LogP contribution >= 0.6 is 12.4 Å². The predicted octanol–water partition coefficient (Wildman–Crippen LogP) is 3.96. The summed E-state index contributed by atoms with van der Waals surface area (Å²) in [6, 6.07) is 17.0. The third kappa shape index (κ3) is 6.10. The summed E-state index contributed by atoms with van der Waals surface area (Å²) in [4.78, 5) is 1.73. The van der Waals surface area contributed by atoms with Crippen LogP contribution < -0.4 is 5.73 Å². The summed E-state index contributed by atoms with van der Waals surface area (Å²) in [6.45, 7) is 0.716. The van der Waals surface area contributed by atoms with Crippen molar-refractivity contribution >= 4 is 18.1 Å². The molecule has 2 N–H and O–H groups in total. The normalized spacial score (nSPS) is 10.7. The van der Waals surface area contributed by atoms with Gasteiger partial charge in [0.1, 0.15) is 0 Å². The summed E-state index contributed by atoms with van der Waals surface area (Å²) in [6.07, 6.45) is -2.35. The zero-order valence-corrected chi connectivity index (χ0v) is 12.4. The molecule has 0 heterocycles. The van der Waals surface area contributed by atoms with Crippen LogP contribution in [0.25, 0.3) is 0 Å². The Hall–Kier alpha value is -1.65. The summed E-state index contributed by atoms with van der Waals surface area (Å²) >= 11 is 0. The SMILES string of the molecule is Cl.Nc1cccc(CN(Cc2ccccc2)CC(F)F)c1. The summed E-state index contributed by atoms with van der Waals surface area (Å²) < 4.78 is 25.4. The Kier molecular flexibility index (Phi) is 7.12. The molecule has 2 aromatic carbocycles. The standard InChI is InChI=1S/C16H18F2N2.ClH/c17-16(18)12-20(10-13-5-2-1-3-6-13)11-14-7-4-8-15(19)9-14;/h1-9,16H,10-12,19H2;1H. The fraction of sp³-hybridized carbons (Fsp3) is 0.250. The molecule has 0 aliphatic carbocycles. The zero-order chi connectivity index (χ0) is 14.4. The Morgan fingerprint density at radius 2 is 1.52 bits per heavy atom. The summed E-state index contributed by atoms with van der Waals surface area (Å²) in [7, 11) is 0. The topological polar surface area (TPSA) is 29.3 Å². The first kappa shape index (κ1) is 17.4. The molecular formula is C16H19ClF2N2. The average molecular weight is 313 g/mol. The number of nitrogens with two attached hydrogens (primary N) is 1. The largest absolute Gasteiger partial charge is 0.399 e. The molecule has 0 fully saturated rings. The molecule has 0 aliphatic heterocycles. The Morgan fingerprint density at radius 3 is 2.14 bits per heavy atom. The number of hydrogen-bond acceptors (Lipinski definition) is 2. The number of rotatable bonds is 6. The molecule has 0 amide bonds. The van der Waals surface area contributed by atoms with E-state index in [0.29, 0.717) is 18.8 Å². The van der Waals surface area contributed by atoms with Crippen molar-refractivity contribution < 1.29 is 8.78 Å². The predicted molar refractivity (Wildman–Crippen MR) is 84.7 cm³/mol. The maximum Gasteiger partial charge on any atom is 0.251 e. The number of halogens is 3. The van der Waals surface area contributed by atoms with Crippen LogP contribution in [0.5, 0.6) is 0 Å². The van der Waals surface area contributed by atoms with Gasteiger partial charge in [0.25, 0.3) is 6.43 Å². The van der Waals surface area contributed by atoms with Gasteiger partial charge in [0.2, 0.25) is 0 Å². The van der Waals surface area contributed by atoms with Gasteiger partial charge in [-0.3, -0.25) is 4.90 Å². The molecule has 0 bridgehead atoms. The molecule has 21 heavy (non-hydrogen) atoms. The minimum Gasteiger partial charge on any atom is -0.399 e. The van der Waals surface area contributed by atoms with Gasteiger partial charge >= 0.3 is 0 Å². The third-order valence-corrected chi connectivity index (χ3v) is 3.00. The Morgan fingerprint density at radius 1 is 0.905 bits per heavy atom. The highest BCUT2D eigenvalue weighted by Gasteiger charge is 2.13. The lowest BCUT2D eigenvalue weighted by Gasteiger charge is -2.22. The molecule has 2 nitrogen and oxygen atoms in total. The van der Waals surface area contributed by atoms with Crippen LogP contribution in [0.3, 0.4) is 0 Å². The molecular weight excluding hydrogens is 294 g/mol. The third-order valence-electron chi connectivity index (χ3n) is 3.00. The fourth-order valence-corrected chi connectivity index (χ4v) is 2.17. The molecule has 2 rings (SSSR count). The second-order valence-corrected chi connectivity index (χ2v) is 4.79. The summed E-state index contributed by atoms with van der Waals surface area (Å²) in [5.41, 5.74) is 8.34. The highest BCUT2D eigenvalue weighted by molar-refractivity contribution is 5.85. The number of hydrogen-bond donors (Lipinski definition) is 1. The van der Waals surface area contributed by atoms with Crippen LogP contribution in [0.4, 0.5) is 14.5 Å². The average Bonchev–Trinajstić information content (AvgIpc) is 2.39. The van der Waals surface area contributed by atoms with Gasteiger partial charge in [0, 0.05) is 18.8 Å². The lowest BCUT2D eigenvalue weighted by molar-refractivity contribution is 0.0809. The lowest BCUT2D eigenvalue weighted by atomic mass is 10.1. The molecule has 0 aromatic heterocycles. The molecule has 2 aromatic rings. The first-order valence-corrected chi connectivity index (χ1v) is 6.52. The van der Waals surface area contributed by atoms with Crippen LogP contribution in [0, 0.1) is 0 Å². The molecule has 0 aliphatic rings. The summed E-state index contributed by atoms with van der Waals surface area (Å²) in [5.74, 6) is 0. The number of benzene rings is 2.